The first-order chi connectivity index (χ1) is 8.24. The van der Waals surface area contributed by atoms with Crippen LogP contribution in [-0.4, -0.2) is 11.0 Å². The summed E-state index contributed by atoms with van der Waals surface area (Å²) < 4.78 is 0. The van der Waals surface area contributed by atoms with Crippen molar-refractivity contribution in [1.82, 2.24) is 10.3 Å². The van der Waals surface area contributed by atoms with E-state index in [0.29, 0.717) is 12.6 Å². The maximum atomic E-state index is 11.9. The van der Waals surface area contributed by atoms with Crippen LogP contribution in [0.1, 0.15) is 18.9 Å². The van der Waals surface area contributed by atoms with Gasteiger partial charge in [0.2, 0.25) is 0 Å². The minimum Gasteiger partial charge on any atom is -0.322 e. The average molecular weight is 228 g/mol. The maximum Gasteiger partial charge on any atom is 0.252 e. The Kier molecular flexibility index (Phi) is 2.48. The lowest BCUT2D eigenvalue weighted by Crippen LogP contribution is -2.23. The predicted octanol–water partition coefficient (Wildman–Crippen LogP) is 2.03. The number of nitrogens with one attached hydrogen (secondary N) is 2. The molecule has 2 N–H and O–H groups in total. The van der Waals surface area contributed by atoms with Crippen molar-refractivity contribution in [2.45, 2.75) is 25.9 Å². The molecule has 0 amide bonds. The Morgan fingerprint density at radius 2 is 2.18 bits per heavy atom. The van der Waals surface area contributed by atoms with Crippen LogP contribution < -0.4 is 10.9 Å². The lowest BCUT2D eigenvalue weighted by Gasteiger charge is -2.04. The molecule has 3 heteroatoms. The molecule has 0 aliphatic heterocycles. The Morgan fingerprint density at radius 1 is 1.41 bits per heavy atom. The number of pyridine rings is 1. The number of H-pyrrole nitrogens is 1. The molecule has 1 fully saturated rings. The van der Waals surface area contributed by atoms with E-state index in [1.165, 1.54) is 6.42 Å². The van der Waals surface area contributed by atoms with Crippen molar-refractivity contribution in [2.24, 2.45) is 5.92 Å². The van der Waals surface area contributed by atoms with Crippen LogP contribution in [0.15, 0.2) is 35.1 Å². The second-order valence-electron chi connectivity index (χ2n) is 4.91. The fraction of sp³-hybridized carbons (Fsp3) is 0.357. The molecular weight excluding hydrogens is 212 g/mol. The summed E-state index contributed by atoms with van der Waals surface area (Å²) in [5.41, 5.74) is 1.74. The van der Waals surface area contributed by atoms with E-state index >= 15 is 0 Å². The zero-order valence-electron chi connectivity index (χ0n) is 9.86. The largest absolute Gasteiger partial charge is 0.322 e. The smallest absolute Gasteiger partial charge is 0.252 e. The van der Waals surface area contributed by atoms with Crippen molar-refractivity contribution < 1.29 is 0 Å². The van der Waals surface area contributed by atoms with Crippen LogP contribution in [0.4, 0.5) is 0 Å². The molecule has 2 atom stereocenters. The lowest BCUT2D eigenvalue weighted by molar-refractivity contribution is 0.649. The van der Waals surface area contributed by atoms with Gasteiger partial charge in [-0.3, -0.25) is 4.79 Å². The van der Waals surface area contributed by atoms with E-state index in [9.17, 15) is 4.79 Å². The van der Waals surface area contributed by atoms with Crippen LogP contribution in [0.25, 0.3) is 10.9 Å². The second kappa shape index (κ2) is 4.00. The van der Waals surface area contributed by atoms with Gasteiger partial charge in [0.1, 0.15) is 0 Å². The highest BCUT2D eigenvalue weighted by Gasteiger charge is 2.31. The molecule has 1 heterocycles. The van der Waals surface area contributed by atoms with Gasteiger partial charge in [-0.05, 0) is 29.9 Å². The summed E-state index contributed by atoms with van der Waals surface area (Å²) in [4.78, 5) is 14.8. The van der Waals surface area contributed by atoms with E-state index in [1.54, 1.807) is 0 Å². The van der Waals surface area contributed by atoms with E-state index < -0.39 is 0 Å². The molecule has 88 valence electrons. The lowest BCUT2D eigenvalue weighted by atomic mass is 10.1. The number of aromatic amines is 1. The molecule has 1 aliphatic carbocycles. The van der Waals surface area contributed by atoms with Gasteiger partial charge in [0.25, 0.3) is 5.56 Å². The molecule has 3 nitrogen and oxygen atoms in total. The third-order valence-electron chi connectivity index (χ3n) is 3.49. The summed E-state index contributed by atoms with van der Waals surface area (Å²) in [7, 11) is 0. The highest BCUT2D eigenvalue weighted by molar-refractivity contribution is 5.78. The molecule has 0 radical (unpaired) electrons. The standard InChI is InChI=1S/C14H16N2O/c1-9-6-13(9)15-8-11-7-10-4-2-3-5-12(10)16-14(11)17/h2-5,7,9,13,15H,6,8H2,1H3,(H,16,17). The van der Waals surface area contributed by atoms with E-state index in [-0.39, 0.29) is 5.56 Å². The number of benzene rings is 1. The van der Waals surface area contributed by atoms with Crippen LogP contribution in [-0.2, 0) is 6.54 Å². The number of hydrogen-bond acceptors (Lipinski definition) is 2. The van der Waals surface area contributed by atoms with Gasteiger partial charge in [-0.1, -0.05) is 25.1 Å². The highest BCUT2D eigenvalue weighted by Crippen LogP contribution is 2.29. The number of para-hydroxylation sites is 1. The summed E-state index contributed by atoms with van der Waals surface area (Å²) in [5, 5.41) is 4.50. The van der Waals surface area contributed by atoms with Gasteiger partial charge in [-0.2, -0.15) is 0 Å². The molecular formula is C14H16N2O. The molecule has 1 saturated carbocycles. The van der Waals surface area contributed by atoms with Gasteiger partial charge in [0.15, 0.2) is 0 Å². The van der Waals surface area contributed by atoms with E-state index in [4.69, 9.17) is 0 Å². The minimum absolute atomic E-state index is 0.0181. The third kappa shape index (κ3) is 2.11. The molecule has 0 bridgehead atoms. The summed E-state index contributed by atoms with van der Waals surface area (Å²) in [5.74, 6) is 0.759. The van der Waals surface area contributed by atoms with Crippen molar-refractivity contribution in [1.29, 1.82) is 0 Å². The zero-order valence-corrected chi connectivity index (χ0v) is 9.86. The van der Waals surface area contributed by atoms with Gasteiger partial charge in [0, 0.05) is 23.7 Å². The molecule has 1 aromatic carbocycles. The first kappa shape index (κ1) is 10.5. The monoisotopic (exact) mass is 228 g/mol. The summed E-state index contributed by atoms with van der Waals surface area (Å²) >= 11 is 0. The fourth-order valence-corrected chi connectivity index (χ4v) is 2.17. The van der Waals surface area contributed by atoms with Crippen molar-refractivity contribution in [3.63, 3.8) is 0 Å². The van der Waals surface area contributed by atoms with Crippen molar-refractivity contribution in [2.75, 3.05) is 0 Å². The number of rotatable bonds is 3. The van der Waals surface area contributed by atoms with Crippen LogP contribution in [0, 0.1) is 5.92 Å². The summed E-state index contributed by atoms with van der Waals surface area (Å²) in [6, 6.07) is 10.4. The topological polar surface area (TPSA) is 44.9 Å². The maximum absolute atomic E-state index is 11.9. The number of hydrogen-bond donors (Lipinski definition) is 2. The second-order valence-corrected chi connectivity index (χ2v) is 4.91. The molecule has 3 rings (SSSR count). The third-order valence-corrected chi connectivity index (χ3v) is 3.49. The average Bonchev–Trinajstić information content (AvgIpc) is 3.03. The van der Waals surface area contributed by atoms with Gasteiger partial charge in [0.05, 0.1) is 0 Å². The SMILES string of the molecule is CC1CC1NCc1cc2ccccc2[nH]c1=O. The number of aromatic nitrogens is 1. The van der Waals surface area contributed by atoms with E-state index in [0.717, 1.165) is 22.4 Å². The predicted molar refractivity (Wildman–Crippen MR) is 69.0 cm³/mol. The Morgan fingerprint density at radius 3 is 2.94 bits per heavy atom. The highest BCUT2D eigenvalue weighted by atomic mass is 16.1. The molecule has 0 saturated heterocycles. The first-order valence-corrected chi connectivity index (χ1v) is 6.08. The van der Waals surface area contributed by atoms with Gasteiger partial charge >= 0.3 is 0 Å². The van der Waals surface area contributed by atoms with Crippen molar-refractivity contribution >= 4 is 10.9 Å². The van der Waals surface area contributed by atoms with Gasteiger partial charge < -0.3 is 10.3 Å². The van der Waals surface area contributed by atoms with Gasteiger partial charge in [-0.25, -0.2) is 0 Å². The van der Waals surface area contributed by atoms with Crippen LogP contribution >= 0.6 is 0 Å². The molecule has 17 heavy (non-hydrogen) atoms. The van der Waals surface area contributed by atoms with Crippen molar-refractivity contribution in [3.05, 3.63) is 46.2 Å². The zero-order chi connectivity index (χ0) is 11.8. The summed E-state index contributed by atoms with van der Waals surface area (Å²) in [6.45, 7) is 2.89. The Bertz CT molecular complexity index is 602. The van der Waals surface area contributed by atoms with E-state index in [1.807, 2.05) is 30.3 Å². The van der Waals surface area contributed by atoms with Crippen LogP contribution in [0.3, 0.4) is 0 Å². The molecule has 0 spiro atoms. The molecule has 2 aromatic rings. The normalized spacial score (nSPS) is 22.9. The Balaban J connectivity index is 1.88. The summed E-state index contributed by atoms with van der Waals surface area (Å²) in [6.07, 6.45) is 1.23. The Labute approximate surface area is 99.9 Å². The Hall–Kier alpha value is -1.61. The quantitative estimate of drug-likeness (QED) is 0.844. The van der Waals surface area contributed by atoms with Crippen LogP contribution in [0.2, 0.25) is 0 Å². The fourth-order valence-electron chi connectivity index (χ4n) is 2.17. The molecule has 2 unspecified atom stereocenters. The minimum atomic E-state index is 0.0181. The van der Waals surface area contributed by atoms with E-state index in [2.05, 4.69) is 17.2 Å². The molecule has 1 aliphatic rings. The van der Waals surface area contributed by atoms with Crippen molar-refractivity contribution in [3.8, 4) is 0 Å². The first-order valence-electron chi connectivity index (χ1n) is 6.08. The number of fused-ring (bicyclic) bond motifs is 1. The molecule has 1 aromatic heterocycles. The van der Waals surface area contributed by atoms with Gasteiger partial charge in [-0.15, -0.1) is 0 Å². The van der Waals surface area contributed by atoms with Crippen LogP contribution in [0.5, 0.6) is 0 Å².